The molecule has 5 N–H and O–H groups in total. The fraction of sp³-hybridized carbons (Fsp3) is 0.500. The van der Waals surface area contributed by atoms with Gasteiger partial charge in [0.2, 0.25) is 11.9 Å². The van der Waals surface area contributed by atoms with Crippen molar-refractivity contribution in [1.82, 2.24) is 15.3 Å². The maximum atomic E-state index is 11.4. The van der Waals surface area contributed by atoms with Gasteiger partial charge < -0.3 is 21.7 Å². The molecule has 1 aromatic heterocycles. The minimum Gasteiger partial charge on any atom is -0.383 e. The van der Waals surface area contributed by atoms with Gasteiger partial charge in [-0.1, -0.05) is 6.92 Å². The number of rotatable bonds is 4. The van der Waals surface area contributed by atoms with Crippen LogP contribution in [-0.4, -0.2) is 40.9 Å². The third-order valence-electron chi connectivity index (χ3n) is 3.23. The van der Waals surface area contributed by atoms with Gasteiger partial charge in [-0.2, -0.15) is 4.98 Å². The van der Waals surface area contributed by atoms with Gasteiger partial charge in [0.05, 0.1) is 5.56 Å². The Hall–Kier alpha value is -2.38. The molecule has 1 fully saturated rings. The highest BCUT2D eigenvalue weighted by Gasteiger charge is 2.25. The summed E-state index contributed by atoms with van der Waals surface area (Å²) < 4.78 is 0. The zero-order valence-electron chi connectivity index (χ0n) is 11.3. The number of hydrogen-bond donors (Lipinski definition) is 3. The number of nitrogens with zero attached hydrogens (tertiary/aromatic N) is 3. The van der Waals surface area contributed by atoms with E-state index in [4.69, 9.17) is 11.5 Å². The minimum absolute atomic E-state index is 0.0290. The SMILES string of the molecule is CCC(=O)N[C@H]1CCN(c2ncc(C(N)=O)c(N)n2)C1. The lowest BCUT2D eigenvalue weighted by molar-refractivity contribution is -0.121. The monoisotopic (exact) mass is 278 g/mol. The van der Waals surface area contributed by atoms with Crippen LogP contribution in [0, 0.1) is 0 Å². The molecule has 8 nitrogen and oxygen atoms in total. The third-order valence-corrected chi connectivity index (χ3v) is 3.23. The van der Waals surface area contributed by atoms with Crippen molar-refractivity contribution < 1.29 is 9.59 Å². The van der Waals surface area contributed by atoms with Crippen molar-refractivity contribution in [2.24, 2.45) is 5.73 Å². The molecule has 0 aromatic carbocycles. The predicted octanol–water partition coefficient (Wildman–Crippen LogP) is -0.737. The van der Waals surface area contributed by atoms with Crippen LogP contribution in [0.3, 0.4) is 0 Å². The van der Waals surface area contributed by atoms with E-state index in [-0.39, 0.29) is 23.3 Å². The number of aromatic nitrogens is 2. The predicted molar refractivity (Wildman–Crippen MR) is 74.0 cm³/mol. The number of primary amides is 1. The highest BCUT2D eigenvalue weighted by molar-refractivity contribution is 5.96. The summed E-state index contributed by atoms with van der Waals surface area (Å²) >= 11 is 0. The average Bonchev–Trinajstić information content (AvgIpc) is 2.86. The first-order valence-electron chi connectivity index (χ1n) is 6.48. The zero-order chi connectivity index (χ0) is 14.7. The van der Waals surface area contributed by atoms with Gasteiger partial charge in [-0.25, -0.2) is 4.98 Å². The largest absolute Gasteiger partial charge is 0.383 e. The van der Waals surface area contributed by atoms with Gasteiger partial charge in [-0.15, -0.1) is 0 Å². The molecular formula is C12H18N6O2. The maximum absolute atomic E-state index is 11.4. The molecule has 8 heteroatoms. The van der Waals surface area contributed by atoms with Crippen LogP contribution in [0.2, 0.25) is 0 Å². The lowest BCUT2D eigenvalue weighted by Crippen LogP contribution is -2.37. The van der Waals surface area contributed by atoms with Crippen molar-refractivity contribution in [2.45, 2.75) is 25.8 Å². The van der Waals surface area contributed by atoms with Crippen molar-refractivity contribution in [3.63, 3.8) is 0 Å². The summed E-state index contributed by atoms with van der Waals surface area (Å²) in [5, 5.41) is 2.93. The normalized spacial score (nSPS) is 18.1. The topological polar surface area (TPSA) is 127 Å². The molecule has 108 valence electrons. The van der Waals surface area contributed by atoms with E-state index < -0.39 is 5.91 Å². The Labute approximate surface area is 116 Å². The van der Waals surface area contributed by atoms with Crippen LogP contribution in [0.1, 0.15) is 30.1 Å². The maximum Gasteiger partial charge on any atom is 0.254 e. The molecule has 1 aliphatic rings. The molecule has 1 aliphatic heterocycles. The average molecular weight is 278 g/mol. The van der Waals surface area contributed by atoms with Gasteiger partial charge >= 0.3 is 0 Å². The summed E-state index contributed by atoms with van der Waals surface area (Å²) in [6, 6.07) is 0.0862. The van der Waals surface area contributed by atoms with Crippen LogP contribution in [0.15, 0.2) is 6.20 Å². The number of carbonyl (C=O) groups excluding carboxylic acids is 2. The molecule has 0 aliphatic carbocycles. The summed E-state index contributed by atoms with van der Waals surface area (Å²) in [5.74, 6) is -0.103. The highest BCUT2D eigenvalue weighted by atomic mass is 16.2. The number of carbonyl (C=O) groups is 2. The molecule has 0 spiro atoms. The van der Waals surface area contributed by atoms with E-state index in [9.17, 15) is 9.59 Å². The molecule has 2 rings (SSSR count). The fourth-order valence-electron chi connectivity index (χ4n) is 2.12. The van der Waals surface area contributed by atoms with E-state index in [2.05, 4.69) is 15.3 Å². The van der Waals surface area contributed by atoms with Gasteiger partial charge in [0, 0.05) is 31.7 Å². The molecular weight excluding hydrogens is 260 g/mol. The Morgan fingerprint density at radius 3 is 2.90 bits per heavy atom. The molecule has 0 bridgehead atoms. The van der Waals surface area contributed by atoms with Crippen molar-refractivity contribution in [3.8, 4) is 0 Å². The van der Waals surface area contributed by atoms with E-state index in [1.807, 2.05) is 11.8 Å². The van der Waals surface area contributed by atoms with Crippen LogP contribution in [0.25, 0.3) is 0 Å². The number of nitrogen functional groups attached to an aromatic ring is 1. The van der Waals surface area contributed by atoms with Gasteiger partial charge in [0.1, 0.15) is 5.82 Å². The first-order chi connectivity index (χ1) is 9.51. The van der Waals surface area contributed by atoms with Crippen LogP contribution < -0.4 is 21.7 Å². The first kappa shape index (κ1) is 14.0. The van der Waals surface area contributed by atoms with Crippen molar-refractivity contribution in [3.05, 3.63) is 11.8 Å². The molecule has 2 amide bonds. The second-order valence-electron chi connectivity index (χ2n) is 4.69. The van der Waals surface area contributed by atoms with E-state index in [1.165, 1.54) is 6.20 Å². The Bertz CT molecular complexity index is 533. The molecule has 2 heterocycles. The van der Waals surface area contributed by atoms with Crippen LogP contribution in [0.4, 0.5) is 11.8 Å². The molecule has 1 saturated heterocycles. The third kappa shape index (κ3) is 2.95. The fourth-order valence-corrected chi connectivity index (χ4v) is 2.12. The number of anilines is 2. The van der Waals surface area contributed by atoms with E-state index in [1.54, 1.807) is 0 Å². The lowest BCUT2D eigenvalue weighted by atomic mass is 10.2. The molecule has 0 saturated carbocycles. The number of amides is 2. The Kier molecular flexibility index (Phi) is 4.02. The van der Waals surface area contributed by atoms with Crippen molar-refractivity contribution >= 4 is 23.6 Å². The summed E-state index contributed by atoms with van der Waals surface area (Å²) in [4.78, 5) is 32.5. The van der Waals surface area contributed by atoms with Crippen molar-refractivity contribution in [2.75, 3.05) is 23.7 Å². The van der Waals surface area contributed by atoms with E-state index in [0.29, 0.717) is 18.9 Å². The number of nitrogens with one attached hydrogen (secondary N) is 1. The smallest absolute Gasteiger partial charge is 0.254 e. The first-order valence-corrected chi connectivity index (χ1v) is 6.48. The van der Waals surface area contributed by atoms with Crippen LogP contribution >= 0.6 is 0 Å². The molecule has 1 atom stereocenters. The standard InChI is InChI=1S/C12H18N6O2/c1-2-9(19)16-7-3-4-18(6-7)12-15-5-8(11(14)20)10(13)17-12/h5,7H,2-4,6H2,1H3,(H2,14,20)(H,16,19)(H2,13,15,17)/t7-/m0/s1. The number of hydrogen-bond acceptors (Lipinski definition) is 6. The highest BCUT2D eigenvalue weighted by Crippen LogP contribution is 2.18. The molecule has 20 heavy (non-hydrogen) atoms. The van der Waals surface area contributed by atoms with Crippen LogP contribution in [0.5, 0.6) is 0 Å². The molecule has 0 unspecified atom stereocenters. The minimum atomic E-state index is -0.649. The lowest BCUT2D eigenvalue weighted by Gasteiger charge is -2.17. The van der Waals surface area contributed by atoms with Crippen molar-refractivity contribution in [1.29, 1.82) is 0 Å². The summed E-state index contributed by atoms with van der Waals surface area (Å²) in [6.07, 6.45) is 2.62. The second kappa shape index (κ2) is 5.72. The Balaban J connectivity index is 2.05. The van der Waals surface area contributed by atoms with E-state index in [0.717, 1.165) is 13.0 Å². The zero-order valence-corrected chi connectivity index (χ0v) is 11.3. The summed E-state index contributed by atoms with van der Waals surface area (Å²) in [6.45, 7) is 3.17. The molecule has 0 radical (unpaired) electrons. The van der Waals surface area contributed by atoms with Crippen LogP contribution in [-0.2, 0) is 4.79 Å². The van der Waals surface area contributed by atoms with Gasteiger partial charge in [0.25, 0.3) is 5.91 Å². The molecule has 1 aromatic rings. The van der Waals surface area contributed by atoms with Gasteiger partial charge in [0.15, 0.2) is 0 Å². The quantitative estimate of drug-likeness (QED) is 0.665. The Morgan fingerprint density at radius 2 is 2.30 bits per heavy atom. The van der Waals surface area contributed by atoms with Gasteiger partial charge in [-0.3, -0.25) is 9.59 Å². The van der Waals surface area contributed by atoms with Gasteiger partial charge in [-0.05, 0) is 6.42 Å². The second-order valence-corrected chi connectivity index (χ2v) is 4.69. The Morgan fingerprint density at radius 1 is 1.55 bits per heavy atom. The summed E-state index contributed by atoms with van der Waals surface area (Å²) in [5.41, 5.74) is 10.9. The van der Waals surface area contributed by atoms with E-state index >= 15 is 0 Å². The number of nitrogens with two attached hydrogens (primary N) is 2. The summed E-state index contributed by atoms with van der Waals surface area (Å²) in [7, 11) is 0.